The monoisotopic (exact) mass is 294 g/mol. The number of amides is 1. The molecular weight excluding hydrogens is 280 g/mol. The molecule has 2 rings (SSSR count). The first kappa shape index (κ1) is 14.8. The molecule has 1 heterocycles. The second-order valence-electron chi connectivity index (χ2n) is 4.72. The molecule has 1 saturated heterocycles. The highest BCUT2D eigenvalue weighted by Crippen LogP contribution is 2.27. The van der Waals surface area contributed by atoms with Crippen LogP contribution in [0.2, 0.25) is 0 Å². The standard InChI is InChI=1S/C13H14N2O6/c1-21-9-2-3-11(15(19)20)10(6-9)12(16)14-5-4-8(7-14)13(17)18/h2-3,6,8H,4-5,7H2,1H3,(H,17,18). The van der Waals surface area contributed by atoms with Gasteiger partial charge in [0.15, 0.2) is 0 Å². The lowest BCUT2D eigenvalue weighted by molar-refractivity contribution is -0.385. The molecule has 0 spiro atoms. The summed E-state index contributed by atoms with van der Waals surface area (Å²) < 4.78 is 4.97. The molecule has 0 bridgehead atoms. The topological polar surface area (TPSA) is 110 Å². The van der Waals surface area contributed by atoms with Crippen LogP contribution in [0.1, 0.15) is 16.8 Å². The minimum absolute atomic E-state index is 0.0581. The van der Waals surface area contributed by atoms with Crippen LogP contribution in [0, 0.1) is 16.0 Å². The number of hydrogen-bond donors (Lipinski definition) is 1. The van der Waals surface area contributed by atoms with Gasteiger partial charge in [-0.05, 0) is 18.6 Å². The predicted molar refractivity (Wildman–Crippen MR) is 71.3 cm³/mol. The van der Waals surface area contributed by atoms with Crippen LogP contribution in [-0.4, -0.2) is 47.0 Å². The minimum Gasteiger partial charge on any atom is -0.497 e. The molecule has 1 amide bonds. The Hall–Kier alpha value is -2.64. The van der Waals surface area contributed by atoms with Crippen LogP contribution < -0.4 is 4.74 Å². The van der Waals surface area contributed by atoms with Crippen molar-refractivity contribution >= 4 is 17.6 Å². The summed E-state index contributed by atoms with van der Waals surface area (Å²) >= 11 is 0. The summed E-state index contributed by atoms with van der Waals surface area (Å²) in [4.78, 5) is 35.0. The van der Waals surface area contributed by atoms with Gasteiger partial charge in [-0.15, -0.1) is 0 Å². The van der Waals surface area contributed by atoms with E-state index in [0.717, 1.165) is 0 Å². The molecule has 21 heavy (non-hydrogen) atoms. The van der Waals surface area contributed by atoms with E-state index in [4.69, 9.17) is 9.84 Å². The summed E-state index contributed by atoms with van der Waals surface area (Å²) in [7, 11) is 1.39. The molecule has 112 valence electrons. The number of carboxylic acids is 1. The fourth-order valence-corrected chi connectivity index (χ4v) is 2.29. The molecule has 1 aromatic rings. The maximum absolute atomic E-state index is 12.4. The van der Waals surface area contributed by atoms with Gasteiger partial charge in [-0.2, -0.15) is 0 Å². The highest BCUT2D eigenvalue weighted by atomic mass is 16.6. The van der Waals surface area contributed by atoms with Crippen LogP contribution in [0.5, 0.6) is 5.75 Å². The van der Waals surface area contributed by atoms with Gasteiger partial charge >= 0.3 is 5.97 Å². The summed E-state index contributed by atoms with van der Waals surface area (Å²) in [6.07, 6.45) is 0.346. The first-order chi connectivity index (χ1) is 9.93. The number of methoxy groups -OCH3 is 1. The molecule has 1 aliphatic rings. The largest absolute Gasteiger partial charge is 0.497 e. The van der Waals surface area contributed by atoms with Crippen molar-refractivity contribution in [2.45, 2.75) is 6.42 Å². The number of carbonyl (C=O) groups excluding carboxylic acids is 1. The summed E-state index contributed by atoms with van der Waals surface area (Å²) in [5.74, 6) is -1.81. The van der Waals surface area contributed by atoms with Gasteiger partial charge in [-0.25, -0.2) is 0 Å². The van der Waals surface area contributed by atoms with Crippen molar-refractivity contribution in [1.29, 1.82) is 0 Å². The number of likely N-dealkylation sites (tertiary alicyclic amines) is 1. The van der Waals surface area contributed by atoms with Gasteiger partial charge in [0, 0.05) is 19.2 Å². The molecule has 8 heteroatoms. The van der Waals surface area contributed by atoms with Crippen molar-refractivity contribution in [1.82, 2.24) is 4.90 Å². The Morgan fingerprint density at radius 2 is 2.19 bits per heavy atom. The molecule has 1 atom stereocenters. The number of rotatable bonds is 4. The molecular formula is C13H14N2O6. The Balaban J connectivity index is 2.30. The highest BCUT2D eigenvalue weighted by molar-refractivity contribution is 5.99. The van der Waals surface area contributed by atoms with Crippen LogP contribution in [0.25, 0.3) is 0 Å². The Bertz CT molecular complexity index is 600. The van der Waals surface area contributed by atoms with Gasteiger partial charge in [0.1, 0.15) is 11.3 Å². The van der Waals surface area contributed by atoms with E-state index in [1.165, 1.54) is 30.2 Å². The van der Waals surface area contributed by atoms with E-state index in [2.05, 4.69) is 0 Å². The Morgan fingerprint density at radius 3 is 2.71 bits per heavy atom. The smallest absolute Gasteiger partial charge is 0.308 e. The number of nitro groups is 1. The molecule has 1 unspecified atom stereocenters. The number of carboxylic acid groups (broad SMARTS) is 1. The van der Waals surface area contributed by atoms with Gasteiger partial charge in [0.2, 0.25) is 0 Å². The van der Waals surface area contributed by atoms with Crippen molar-refractivity contribution in [3.05, 3.63) is 33.9 Å². The first-order valence-corrected chi connectivity index (χ1v) is 6.28. The Morgan fingerprint density at radius 1 is 1.48 bits per heavy atom. The maximum atomic E-state index is 12.4. The fraction of sp³-hybridized carbons (Fsp3) is 0.385. The molecule has 8 nitrogen and oxygen atoms in total. The second-order valence-corrected chi connectivity index (χ2v) is 4.72. The number of nitro benzene ring substituents is 1. The SMILES string of the molecule is COc1ccc([N+](=O)[O-])c(C(=O)N2CCC(C(=O)O)C2)c1. The molecule has 1 aromatic carbocycles. The van der Waals surface area contributed by atoms with E-state index in [-0.39, 0.29) is 24.3 Å². The fourth-order valence-electron chi connectivity index (χ4n) is 2.29. The van der Waals surface area contributed by atoms with E-state index in [0.29, 0.717) is 12.2 Å². The number of aliphatic carboxylic acids is 1. The molecule has 0 aliphatic carbocycles. The van der Waals surface area contributed by atoms with Crippen molar-refractivity contribution in [2.24, 2.45) is 5.92 Å². The number of nitrogens with zero attached hydrogens (tertiary/aromatic N) is 2. The van der Waals surface area contributed by atoms with Crippen molar-refractivity contribution < 1.29 is 24.4 Å². The molecule has 0 aromatic heterocycles. The van der Waals surface area contributed by atoms with E-state index < -0.39 is 22.7 Å². The van der Waals surface area contributed by atoms with Crippen molar-refractivity contribution in [3.8, 4) is 5.75 Å². The molecule has 1 aliphatic heterocycles. The molecule has 0 saturated carbocycles. The van der Waals surface area contributed by atoms with Gasteiger partial charge in [0.25, 0.3) is 11.6 Å². The zero-order valence-electron chi connectivity index (χ0n) is 11.3. The number of ether oxygens (including phenoxy) is 1. The number of carbonyl (C=O) groups is 2. The van der Waals surface area contributed by atoms with E-state index in [9.17, 15) is 19.7 Å². The van der Waals surface area contributed by atoms with Crippen LogP contribution in [0.15, 0.2) is 18.2 Å². The molecule has 1 fully saturated rings. The van der Waals surface area contributed by atoms with Crippen LogP contribution in [0.4, 0.5) is 5.69 Å². The maximum Gasteiger partial charge on any atom is 0.308 e. The van der Waals surface area contributed by atoms with Crippen LogP contribution in [0.3, 0.4) is 0 Å². The van der Waals surface area contributed by atoms with Gasteiger partial charge in [-0.1, -0.05) is 0 Å². The van der Waals surface area contributed by atoms with E-state index in [1.54, 1.807) is 0 Å². The third kappa shape index (κ3) is 2.93. The Labute approximate surface area is 120 Å². The first-order valence-electron chi connectivity index (χ1n) is 6.28. The summed E-state index contributed by atoms with van der Waals surface area (Å²) in [6.45, 7) is 0.326. The van der Waals surface area contributed by atoms with E-state index in [1.807, 2.05) is 0 Å². The van der Waals surface area contributed by atoms with Crippen molar-refractivity contribution in [3.63, 3.8) is 0 Å². The van der Waals surface area contributed by atoms with E-state index >= 15 is 0 Å². The summed E-state index contributed by atoms with van der Waals surface area (Å²) in [5.41, 5.74) is -0.412. The second kappa shape index (κ2) is 5.78. The zero-order chi connectivity index (χ0) is 15.6. The van der Waals surface area contributed by atoms with Crippen LogP contribution in [-0.2, 0) is 4.79 Å². The summed E-state index contributed by atoms with van der Waals surface area (Å²) in [6, 6.07) is 3.91. The average molecular weight is 294 g/mol. The molecule has 1 N–H and O–H groups in total. The van der Waals surface area contributed by atoms with Crippen molar-refractivity contribution in [2.75, 3.05) is 20.2 Å². The highest BCUT2D eigenvalue weighted by Gasteiger charge is 2.34. The third-order valence-electron chi connectivity index (χ3n) is 3.46. The lowest BCUT2D eigenvalue weighted by Crippen LogP contribution is -2.30. The average Bonchev–Trinajstić information content (AvgIpc) is 2.95. The number of benzene rings is 1. The quantitative estimate of drug-likeness (QED) is 0.659. The third-order valence-corrected chi connectivity index (χ3v) is 3.46. The lowest BCUT2D eigenvalue weighted by Gasteiger charge is -2.16. The van der Waals surface area contributed by atoms with Gasteiger partial charge in [0.05, 0.1) is 18.0 Å². The normalized spacial score (nSPS) is 17.6. The van der Waals surface area contributed by atoms with Crippen LogP contribution >= 0.6 is 0 Å². The zero-order valence-corrected chi connectivity index (χ0v) is 11.3. The predicted octanol–water partition coefficient (Wildman–Crippen LogP) is 1.15. The molecule has 0 radical (unpaired) electrons. The Kier molecular flexibility index (Phi) is 4.06. The minimum atomic E-state index is -0.967. The number of hydrogen-bond acceptors (Lipinski definition) is 5. The van der Waals surface area contributed by atoms with Gasteiger partial charge in [-0.3, -0.25) is 19.7 Å². The van der Waals surface area contributed by atoms with Gasteiger partial charge < -0.3 is 14.7 Å². The summed E-state index contributed by atoms with van der Waals surface area (Å²) in [5, 5.41) is 20.0. The lowest BCUT2D eigenvalue weighted by atomic mass is 10.1.